The van der Waals surface area contributed by atoms with Crippen LogP contribution >= 0.6 is 0 Å². The molecule has 0 bridgehead atoms. The molecule has 18 heavy (non-hydrogen) atoms. The molecule has 0 aromatic carbocycles. The zero-order chi connectivity index (χ0) is 14.1. The maximum absolute atomic E-state index is 11.7. The van der Waals surface area contributed by atoms with Gasteiger partial charge in [0.25, 0.3) is 0 Å². The number of carboxylic acids is 1. The van der Waals surface area contributed by atoms with Crippen LogP contribution in [0, 0.1) is 15.8 Å². The van der Waals surface area contributed by atoms with Crippen molar-refractivity contribution in [3.8, 4) is 0 Å². The van der Waals surface area contributed by atoms with Crippen LogP contribution in [0.15, 0.2) is 0 Å². The first-order chi connectivity index (χ1) is 8.60. The molecule has 0 aromatic heterocycles. The van der Waals surface area contributed by atoms with Gasteiger partial charge < -0.3 is 10.0 Å². The number of rotatable bonds is 6. The standard InChI is InChI=1S/C12H21NO3.O2/c1-3-5-10(6-4-2)13-8-9(12(15)16)7-11(13)14;1-2/h9-10H,3-8H2,1-2H3,(H,15,16);. The molecule has 1 aliphatic rings. The maximum atomic E-state index is 11.7. The van der Waals surface area contributed by atoms with Gasteiger partial charge in [0.1, 0.15) is 0 Å². The summed E-state index contributed by atoms with van der Waals surface area (Å²) < 4.78 is 0. The lowest BCUT2D eigenvalue weighted by atomic mass is 10.1. The lowest BCUT2D eigenvalue weighted by Gasteiger charge is -2.27. The van der Waals surface area contributed by atoms with Crippen LogP contribution in [0.25, 0.3) is 0 Å². The van der Waals surface area contributed by atoms with E-state index in [2.05, 4.69) is 13.8 Å². The van der Waals surface area contributed by atoms with E-state index in [0.29, 0.717) is 6.54 Å². The van der Waals surface area contributed by atoms with Gasteiger partial charge >= 0.3 is 5.97 Å². The van der Waals surface area contributed by atoms with E-state index in [9.17, 15) is 9.59 Å². The first-order valence-corrected chi connectivity index (χ1v) is 6.29. The molecule has 6 nitrogen and oxygen atoms in total. The highest BCUT2D eigenvalue weighted by Gasteiger charge is 2.37. The highest BCUT2D eigenvalue weighted by molar-refractivity contribution is 5.86. The number of carboxylic acid groups (broad SMARTS) is 1. The van der Waals surface area contributed by atoms with E-state index in [4.69, 9.17) is 15.0 Å². The predicted octanol–water partition coefficient (Wildman–Crippen LogP) is 1.96. The molecule has 1 amide bonds. The summed E-state index contributed by atoms with van der Waals surface area (Å²) in [5, 5.41) is 8.91. The number of carbonyl (C=O) groups excluding carboxylic acids is 1. The Balaban J connectivity index is 0.00000137. The molecule has 1 unspecified atom stereocenters. The SMILES string of the molecule is CCCC(CCC)N1CC(C(=O)O)CC1=O.O=O. The molecule has 1 saturated heterocycles. The predicted molar refractivity (Wildman–Crippen MR) is 67.8 cm³/mol. The van der Waals surface area contributed by atoms with Crippen LogP contribution in [-0.2, 0) is 9.59 Å². The quantitative estimate of drug-likeness (QED) is 0.787. The van der Waals surface area contributed by atoms with E-state index in [1.54, 1.807) is 4.90 Å². The molecule has 1 rings (SSSR count). The summed E-state index contributed by atoms with van der Waals surface area (Å²) in [6.07, 6.45) is 4.20. The Morgan fingerprint density at radius 1 is 1.33 bits per heavy atom. The maximum Gasteiger partial charge on any atom is 0.308 e. The van der Waals surface area contributed by atoms with E-state index >= 15 is 0 Å². The number of amides is 1. The van der Waals surface area contributed by atoms with E-state index in [1.165, 1.54) is 0 Å². The molecule has 1 heterocycles. The fraction of sp³-hybridized carbons (Fsp3) is 0.833. The van der Waals surface area contributed by atoms with Gasteiger partial charge in [-0.25, -0.2) is 0 Å². The topological polar surface area (TPSA) is 91.8 Å². The fourth-order valence-electron chi connectivity index (χ4n) is 2.37. The van der Waals surface area contributed by atoms with Crippen LogP contribution < -0.4 is 0 Å². The third-order valence-corrected chi connectivity index (χ3v) is 3.19. The van der Waals surface area contributed by atoms with Crippen molar-refractivity contribution >= 4 is 11.9 Å². The monoisotopic (exact) mass is 259 g/mol. The molecular formula is C12H21NO5. The van der Waals surface area contributed by atoms with E-state index in [0.717, 1.165) is 25.7 Å². The minimum Gasteiger partial charge on any atom is -0.481 e. The number of hydrogen-bond acceptors (Lipinski definition) is 4. The zero-order valence-electron chi connectivity index (χ0n) is 10.9. The molecule has 1 atom stereocenters. The van der Waals surface area contributed by atoms with E-state index in [1.807, 2.05) is 0 Å². The van der Waals surface area contributed by atoms with Crippen molar-refractivity contribution in [3.63, 3.8) is 0 Å². The first-order valence-electron chi connectivity index (χ1n) is 6.29. The molecule has 1 aliphatic heterocycles. The van der Waals surface area contributed by atoms with Crippen LogP contribution in [0.2, 0.25) is 0 Å². The Bertz CT molecular complexity index is 276. The molecule has 1 N–H and O–H groups in total. The molecule has 6 heteroatoms. The zero-order valence-corrected chi connectivity index (χ0v) is 10.9. The van der Waals surface area contributed by atoms with Gasteiger partial charge in [0.2, 0.25) is 5.91 Å². The van der Waals surface area contributed by atoms with E-state index in [-0.39, 0.29) is 18.4 Å². The summed E-state index contributed by atoms with van der Waals surface area (Å²) in [6.45, 7) is 4.59. The third kappa shape index (κ3) is 4.43. The number of nitrogens with zero attached hydrogens (tertiary/aromatic N) is 1. The lowest BCUT2D eigenvalue weighted by molar-refractivity contribution is -0.141. The fourth-order valence-corrected chi connectivity index (χ4v) is 2.37. The molecule has 0 aromatic rings. The second-order valence-electron chi connectivity index (χ2n) is 4.52. The largest absolute Gasteiger partial charge is 0.481 e. The Kier molecular flexibility index (Phi) is 7.91. The molecule has 0 saturated carbocycles. The number of hydrogen-bond donors (Lipinski definition) is 1. The highest BCUT2D eigenvalue weighted by atomic mass is 16.7. The van der Waals surface area contributed by atoms with Gasteiger partial charge in [0, 0.05) is 28.9 Å². The van der Waals surface area contributed by atoms with Crippen molar-refractivity contribution in [2.75, 3.05) is 6.54 Å². The summed E-state index contributed by atoms with van der Waals surface area (Å²) >= 11 is 0. The summed E-state index contributed by atoms with van der Waals surface area (Å²) in [5.41, 5.74) is 0. The summed E-state index contributed by atoms with van der Waals surface area (Å²) in [7, 11) is 0. The second-order valence-corrected chi connectivity index (χ2v) is 4.52. The Morgan fingerprint density at radius 3 is 2.17 bits per heavy atom. The van der Waals surface area contributed by atoms with Crippen LogP contribution in [0.3, 0.4) is 0 Å². The van der Waals surface area contributed by atoms with Crippen LogP contribution in [0.4, 0.5) is 0 Å². The molecule has 104 valence electrons. The Morgan fingerprint density at radius 2 is 1.83 bits per heavy atom. The summed E-state index contributed by atoms with van der Waals surface area (Å²) in [6, 6.07) is 0.242. The minimum atomic E-state index is -0.845. The van der Waals surface area contributed by atoms with Crippen molar-refractivity contribution in [2.45, 2.75) is 52.0 Å². The molecule has 1 fully saturated rings. The Hall–Kier alpha value is -1.46. The van der Waals surface area contributed by atoms with E-state index < -0.39 is 11.9 Å². The van der Waals surface area contributed by atoms with Gasteiger partial charge in [-0.05, 0) is 12.8 Å². The van der Waals surface area contributed by atoms with Crippen molar-refractivity contribution in [1.82, 2.24) is 4.90 Å². The van der Waals surface area contributed by atoms with Crippen molar-refractivity contribution < 1.29 is 14.7 Å². The average molecular weight is 259 g/mol. The first kappa shape index (κ1) is 16.5. The van der Waals surface area contributed by atoms with Crippen LogP contribution in [0.1, 0.15) is 46.0 Å². The summed E-state index contributed by atoms with van der Waals surface area (Å²) in [5.74, 6) is -1.33. The second kappa shape index (κ2) is 8.60. The average Bonchev–Trinajstić information content (AvgIpc) is 2.74. The van der Waals surface area contributed by atoms with Gasteiger partial charge in [-0.2, -0.15) is 0 Å². The van der Waals surface area contributed by atoms with Crippen molar-refractivity contribution in [1.29, 1.82) is 0 Å². The summed E-state index contributed by atoms with van der Waals surface area (Å²) in [4.78, 5) is 38.4. The van der Waals surface area contributed by atoms with Gasteiger partial charge in [-0.15, -0.1) is 0 Å². The van der Waals surface area contributed by atoms with Crippen LogP contribution in [-0.4, -0.2) is 34.5 Å². The molecule has 0 aliphatic carbocycles. The number of likely N-dealkylation sites (tertiary alicyclic amines) is 1. The number of aliphatic carboxylic acids is 1. The van der Waals surface area contributed by atoms with Crippen molar-refractivity contribution in [3.05, 3.63) is 9.93 Å². The third-order valence-electron chi connectivity index (χ3n) is 3.19. The minimum absolute atomic E-state index is 0.0132. The van der Waals surface area contributed by atoms with Gasteiger partial charge in [0.05, 0.1) is 5.92 Å². The smallest absolute Gasteiger partial charge is 0.308 e. The Labute approximate surface area is 107 Å². The normalized spacial score (nSPS) is 18.7. The highest BCUT2D eigenvalue weighted by Crippen LogP contribution is 2.24. The number of carbonyl (C=O) groups is 2. The molecule has 0 spiro atoms. The molecule has 0 radical (unpaired) electrons. The molecular weight excluding hydrogens is 238 g/mol. The van der Waals surface area contributed by atoms with Crippen molar-refractivity contribution in [2.24, 2.45) is 5.92 Å². The van der Waals surface area contributed by atoms with Gasteiger partial charge in [0.15, 0.2) is 0 Å². The lowest BCUT2D eigenvalue weighted by Crippen LogP contribution is -2.36. The van der Waals surface area contributed by atoms with Gasteiger partial charge in [-0.1, -0.05) is 26.7 Å². The van der Waals surface area contributed by atoms with Gasteiger partial charge in [-0.3, -0.25) is 9.59 Å². The van der Waals surface area contributed by atoms with Crippen LogP contribution in [0.5, 0.6) is 0 Å².